The molecule has 328 valence electrons. The summed E-state index contributed by atoms with van der Waals surface area (Å²) in [4.78, 5) is 0. The molecule has 0 unspecified atom stereocenters. The number of aryl methyl sites for hydroxylation is 2. The molecule has 0 spiro atoms. The van der Waals surface area contributed by atoms with Gasteiger partial charge in [0.15, 0.2) is 0 Å². The van der Waals surface area contributed by atoms with Crippen LogP contribution in [0.3, 0.4) is 0 Å². The summed E-state index contributed by atoms with van der Waals surface area (Å²) in [6.07, 6.45) is 4.37. The highest BCUT2D eigenvalue weighted by Crippen LogP contribution is 2.57. The fraction of sp³-hybridized carbons (Fsp3) is 0.564. The number of benzene rings is 4. The van der Waals surface area contributed by atoms with E-state index in [0.29, 0.717) is 17.9 Å². The lowest BCUT2D eigenvalue weighted by Gasteiger charge is -2.35. The van der Waals surface area contributed by atoms with Gasteiger partial charge in [-0.1, -0.05) is 172 Å². The zero-order valence-corrected chi connectivity index (χ0v) is 42.2. The molecule has 1 heterocycles. The number of fused-ring (bicyclic) bond motifs is 2. The van der Waals surface area contributed by atoms with Gasteiger partial charge in [-0.3, -0.25) is 0 Å². The molecule has 0 saturated carbocycles. The van der Waals surface area contributed by atoms with E-state index in [1.807, 2.05) is 0 Å². The average molecular weight is 835 g/mol. The van der Waals surface area contributed by atoms with Crippen LogP contribution in [0.5, 0.6) is 23.0 Å². The zero-order chi connectivity index (χ0) is 45.1. The molecule has 5 rings (SSSR count). The molecular weight excluding hydrogens is 756 g/mol. The van der Waals surface area contributed by atoms with Crippen molar-refractivity contribution in [1.29, 1.82) is 0 Å². The van der Waals surface area contributed by atoms with E-state index in [1.165, 1.54) is 22.3 Å². The Morgan fingerprint density at radius 3 is 1.28 bits per heavy atom. The van der Waals surface area contributed by atoms with Gasteiger partial charge in [0.25, 0.3) is 0 Å². The maximum Gasteiger partial charge on any atom is 0.530 e. The number of phenolic OH excluding ortho intramolecular Hbond substituents is 1. The highest BCUT2D eigenvalue weighted by atomic mass is 31.2. The van der Waals surface area contributed by atoms with Crippen LogP contribution in [0.4, 0.5) is 0 Å². The quantitative estimate of drug-likeness (QED) is 0.153. The highest BCUT2D eigenvalue weighted by Gasteiger charge is 2.38. The van der Waals surface area contributed by atoms with E-state index in [4.69, 9.17) is 13.6 Å². The molecule has 0 fully saturated rings. The molecule has 0 aliphatic carbocycles. The minimum atomic E-state index is -2.09. The Morgan fingerprint density at radius 1 is 0.500 bits per heavy atom. The van der Waals surface area contributed by atoms with E-state index >= 15 is 0 Å². The van der Waals surface area contributed by atoms with Crippen LogP contribution in [-0.2, 0) is 38.9 Å². The first-order valence-corrected chi connectivity index (χ1v) is 23.8. The summed E-state index contributed by atoms with van der Waals surface area (Å²) in [6, 6.07) is 18.2. The summed E-state index contributed by atoms with van der Waals surface area (Å²) in [7, 11) is -2.09. The minimum Gasteiger partial charge on any atom is -0.507 e. The van der Waals surface area contributed by atoms with Gasteiger partial charge in [0.2, 0.25) is 0 Å². The number of hydrogen-bond donors (Lipinski definition) is 1. The maximum absolute atomic E-state index is 12.7. The van der Waals surface area contributed by atoms with Gasteiger partial charge >= 0.3 is 8.60 Å². The standard InChI is InChI=1S/C55H79O4P/c1-21-52(13,14)38-30-40(46(56)42(32-38)54(17,18)23-3)41-31-39(53(15,16)22-2)33-45(55(19,20)24-4)49(41)59-60-57-47-36(25-34(5)27-43(47)50(7,8)9)29-37-26-35(6)28-44(48(37)58-60)51(10,11)12/h25-28,30-33,56H,21-24,29H2,1-20H3. The predicted octanol–water partition coefficient (Wildman–Crippen LogP) is 16.7. The fourth-order valence-electron chi connectivity index (χ4n) is 8.13. The van der Waals surface area contributed by atoms with Crippen LogP contribution in [0.15, 0.2) is 48.5 Å². The number of hydrogen-bond acceptors (Lipinski definition) is 4. The molecule has 4 aromatic carbocycles. The van der Waals surface area contributed by atoms with E-state index in [9.17, 15) is 5.11 Å². The van der Waals surface area contributed by atoms with E-state index in [0.717, 1.165) is 81.7 Å². The average Bonchev–Trinajstić information content (AvgIpc) is 3.14. The topological polar surface area (TPSA) is 47.9 Å². The van der Waals surface area contributed by atoms with Crippen molar-refractivity contribution >= 4 is 8.60 Å². The zero-order valence-electron chi connectivity index (χ0n) is 41.3. The SMILES string of the molecule is CCC(C)(C)c1cc(-c2cc(C(C)(C)CC)cc(C(C)(C)CC)c2OP2Oc3c(cc(C)cc3C(C)(C)C)Cc3cc(C)cc(C(C)(C)C)c3O2)c(O)c(C(C)(C)CC)c1. The summed E-state index contributed by atoms with van der Waals surface area (Å²) in [5, 5.41) is 12.7. The van der Waals surface area contributed by atoms with Crippen molar-refractivity contribution in [3.8, 4) is 34.1 Å². The van der Waals surface area contributed by atoms with Gasteiger partial charge in [-0.25, -0.2) is 0 Å². The molecule has 1 aliphatic rings. The first-order chi connectivity index (χ1) is 27.5. The lowest BCUT2D eigenvalue weighted by molar-refractivity contribution is 0.363. The smallest absolute Gasteiger partial charge is 0.507 e. The third kappa shape index (κ3) is 9.45. The Balaban J connectivity index is 1.96. The van der Waals surface area contributed by atoms with Crippen LogP contribution < -0.4 is 13.6 Å². The molecule has 0 aromatic heterocycles. The highest BCUT2D eigenvalue weighted by molar-refractivity contribution is 7.43. The van der Waals surface area contributed by atoms with Gasteiger partial charge in [-0.05, 0) is 106 Å². The molecular formula is C55H79O4P. The van der Waals surface area contributed by atoms with Gasteiger partial charge < -0.3 is 18.7 Å². The Bertz CT molecular complexity index is 2150. The fourth-order valence-corrected chi connectivity index (χ4v) is 9.32. The Hall–Kier alpha value is -3.49. The van der Waals surface area contributed by atoms with E-state index in [-0.39, 0.29) is 32.5 Å². The Labute approximate surface area is 367 Å². The maximum atomic E-state index is 12.7. The molecule has 60 heavy (non-hydrogen) atoms. The van der Waals surface area contributed by atoms with Crippen LogP contribution in [0, 0.1) is 13.8 Å². The first-order valence-electron chi connectivity index (χ1n) is 22.7. The molecule has 0 bridgehead atoms. The second kappa shape index (κ2) is 16.7. The van der Waals surface area contributed by atoms with Gasteiger partial charge in [0.1, 0.15) is 23.0 Å². The molecule has 4 aromatic rings. The second-order valence-electron chi connectivity index (χ2n) is 22.5. The van der Waals surface area contributed by atoms with Crippen molar-refractivity contribution in [2.75, 3.05) is 0 Å². The van der Waals surface area contributed by atoms with Crippen LogP contribution >= 0.6 is 8.60 Å². The molecule has 0 saturated heterocycles. The number of phenols is 1. The molecule has 0 atom stereocenters. The number of rotatable bonds is 11. The summed E-state index contributed by atoms with van der Waals surface area (Å²) in [6.45, 7) is 45.2. The summed E-state index contributed by atoms with van der Waals surface area (Å²) >= 11 is 0. The van der Waals surface area contributed by atoms with Gasteiger partial charge in [0.05, 0.1) is 0 Å². The van der Waals surface area contributed by atoms with Crippen molar-refractivity contribution in [3.63, 3.8) is 0 Å². The second-order valence-corrected chi connectivity index (χ2v) is 23.5. The van der Waals surface area contributed by atoms with E-state index in [1.54, 1.807) is 0 Å². The van der Waals surface area contributed by atoms with Crippen LogP contribution in [0.1, 0.15) is 206 Å². The van der Waals surface area contributed by atoms with Gasteiger partial charge in [-0.15, -0.1) is 0 Å². The largest absolute Gasteiger partial charge is 0.530 e. The summed E-state index contributed by atoms with van der Waals surface area (Å²) in [5.74, 6) is 2.70. The third-order valence-electron chi connectivity index (χ3n) is 14.2. The van der Waals surface area contributed by atoms with Crippen molar-refractivity contribution < 1.29 is 18.7 Å². The van der Waals surface area contributed by atoms with Crippen molar-refractivity contribution in [2.45, 2.75) is 203 Å². The van der Waals surface area contributed by atoms with E-state index in [2.05, 4.69) is 187 Å². The van der Waals surface area contributed by atoms with Crippen LogP contribution in [-0.4, -0.2) is 5.11 Å². The minimum absolute atomic E-state index is 0.125. The van der Waals surface area contributed by atoms with Crippen LogP contribution in [0.25, 0.3) is 11.1 Å². The Morgan fingerprint density at radius 2 is 0.883 bits per heavy atom. The molecule has 1 N–H and O–H groups in total. The summed E-state index contributed by atoms with van der Waals surface area (Å²) < 4.78 is 22.2. The molecule has 0 radical (unpaired) electrons. The van der Waals surface area contributed by atoms with Crippen molar-refractivity contribution in [1.82, 2.24) is 0 Å². The van der Waals surface area contributed by atoms with Gasteiger partial charge in [-0.2, -0.15) is 0 Å². The first kappa shape index (κ1) is 47.6. The van der Waals surface area contributed by atoms with E-state index < -0.39 is 8.60 Å². The third-order valence-corrected chi connectivity index (χ3v) is 15.2. The normalized spacial score (nSPS) is 14.5. The molecule has 5 heteroatoms. The number of aromatic hydroxyl groups is 1. The molecule has 1 aliphatic heterocycles. The Kier molecular flexibility index (Phi) is 13.2. The predicted molar refractivity (Wildman–Crippen MR) is 258 cm³/mol. The van der Waals surface area contributed by atoms with Gasteiger partial charge in [0, 0.05) is 39.8 Å². The lowest BCUT2D eigenvalue weighted by Crippen LogP contribution is -2.23. The molecule has 0 amide bonds. The molecule has 4 nitrogen and oxygen atoms in total. The monoisotopic (exact) mass is 835 g/mol. The lowest BCUT2D eigenvalue weighted by atomic mass is 9.72. The summed E-state index contributed by atoms with van der Waals surface area (Å²) in [5.41, 5.74) is 11.9. The van der Waals surface area contributed by atoms with Crippen molar-refractivity contribution in [2.24, 2.45) is 0 Å². The van der Waals surface area contributed by atoms with Crippen LogP contribution in [0.2, 0.25) is 0 Å². The van der Waals surface area contributed by atoms with Crippen molar-refractivity contribution in [3.05, 3.63) is 104 Å².